The van der Waals surface area contributed by atoms with E-state index in [-0.39, 0.29) is 0 Å². The fraction of sp³-hybridized carbons (Fsp3) is 0.212. The molecule has 3 rings (SSSR count). The van der Waals surface area contributed by atoms with Crippen molar-refractivity contribution in [2.45, 2.75) is 40.0 Å². The third-order valence-electron chi connectivity index (χ3n) is 5.53. The second-order valence-corrected chi connectivity index (χ2v) is 8.27. The Bertz CT molecular complexity index is 1100. The van der Waals surface area contributed by atoms with Gasteiger partial charge < -0.3 is 10.4 Å². The summed E-state index contributed by atoms with van der Waals surface area (Å²) in [5, 5.41) is 10.9. The van der Waals surface area contributed by atoms with Gasteiger partial charge in [0.1, 0.15) is 0 Å². The number of aryl methyl sites for hydroxylation is 2. The van der Waals surface area contributed by atoms with Gasteiger partial charge in [0, 0.05) is 25.7 Å². The van der Waals surface area contributed by atoms with Gasteiger partial charge in [-0.05, 0) is 59.2 Å². The fourth-order valence-electron chi connectivity index (χ4n) is 3.42. The topological polar surface area (TPSA) is 34.9 Å². The average Bonchev–Trinajstić information content (AvgIpc) is 2.91. The number of rotatable bonds is 9. The van der Waals surface area contributed by atoms with E-state index in [4.69, 9.17) is 5.11 Å². The molecule has 0 aliphatic rings. The summed E-state index contributed by atoms with van der Waals surface area (Å²) < 4.78 is 0. The Morgan fingerprint density at radius 1 is 0.800 bits per heavy atom. The van der Waals surface area contributed by atoms with Gasteiger partial charge in [-0.15, -0.1) is 0 Å². The van der Waals surface area contributed by atoms with Crippen LogP contribution in [-0.2, 0) is 12.8 Å². The predicted molar refractivity (Wildman–Crippen MR) is 156 cm³/mol. The van der Waals surface area contributed by atoms with Crippen LogP contribution in [0.2, 0.25) is 0 Å². The van der Waals surface area contributed by atoms with E-state index in [1.807, 2.05) is 26.1 Å². The van der Waals surface area contributed by atoms with Crippen LogP contribution >= 0.6 is 0 Å². The molecule has 35 heavy (non-hydrogen) atoms. The quantitative estimate of drug-likeness (QED) is 0.192. The summed E-state index contributed by atoms with van der Waals surface area (Å²) in [5.41, 5.74) is 7.29. The second-order valence-electron chi connectivity index (χ2n) is 8.27. The predicted octanol–water partition coefficient (Wildman–Crippen LogP) is 8.21. The van der Waals surface area contributed by atoms with Crippen molar-refractivity contribution in [1.29, 1.82) is 0 Å². The Hall–Kier alpha value is -3.78. The first kappa shape index (κ1) is 27.5. The molecule has 0 bridgehead atoms. The summed E-state index contributed by atoms with van der Waals surface area (Å²) in [4.78, 5) is 0. The summed E-state index contributed by atoms with van der Waals surface area (Å²) in [6.07, 6.45) is 15.5. The molecule has 0 aliphatic carbocycles. The van der Waals surface area contributed by atoms with E-state index in [2.05, 4.69) is 122 Å². The molecule has 0 heterocycles. The summed E-state index contributed by atoms with van der Waals surface area (Å²) in [6.45, 7) is 6.13. The molecule has 0 aromatic heterocycles. The maximum atomic E-state index is 7.79. The minimum absolute atomic E-state index is 0.565. The summed E-state index contributed by atoms with van der Waals surface area (Å²) >= 11 is 0. The third kappa shape index (κ3) is 10.8. The molecule has 0 saturated heterocycles. The Balaban J connectivity index is 0.000000456. The highest BCUT2D eigenvalue weighted by Crippen LogP contribution is 2.19. The van der Waals surface area contributed by atoms with Gasteiger partial charge in [0.25, 0.3) is 0 Å². The average molecular weight is 467 g/mol. The second kappa shape index (κ2) is 16.0. The van der Waals surface area contributed by atoms with E-state index < -0.39 is 0 Å². The summed E-state index contributed by atoms with van der Waals surface area (Å²) in [5.74, 6) is 0.565. The number of nitrogens with one attached hydrogen (secondary N) is 1. The molecule has 0 spiro atoms. The maximum Gasteiger partial charge on any atom is 0.226 e. The Labute approximate surface area is 212 Å². The van der Waals surface area contributed by atoms with Crippen LogP contribution in [-0.4, -0.2) is 12.2 Å². The van der Waals surface area contributed by atoms with Crippen LogP contribution < -0.4 is 5.32 Å². The molecule has 0 unspecified atom stereocenters. The molecule has 3 aromatic rings. The number of allylic oxidation sites excluding steroid dienone is 7. The molecule has 3 aromatic carbocycles. The number of hydrogen-bond donors (Lipinski definition) is 1. The van der Waals surface area contributed by atoms with Crippen LogP contribution in [0.1, 0.15) is 49.4 Å². The Kier molecular flexibility index (Phi) is 12.5. The first-order valence-corrected chi connectivity index (χ1v) is 12.4. The van der Waals surface area contributed by atoms with E-state index in [0.29, 0.717) is 5.76 Å². The van der Waals surface area contributed by atoms with Crippen LogP contribution in [0.15, 0.2) is 115 Å². The fourth-order valence-corrected chi connectivity index (χ4v) is 3.42. The highest BCUT2D eigenvalue weighted by atomic mass is 16.3. The molecule has 0 saturated carbocycles. The molecule has 3 N–H and O–H groups in total. The minimum Gasteiger partial charge on any atom is -0.597 e. The molecule has 182 valence electrons. The lowest BCUT2D eigenvalue weighted by molar-refractivity contribution is 0.415. The molecule has 2 nitrogen and oxygen atoms in total. The van der Waals surface area contributed by atoms with E-state index in [9.17, 15) is 0 Å². The van der Waals surface area contributed by atoms with Crippen molar-refractivity contribution >= 4 is 17.3 Å². The first-order chi connectivity index (χ1) is 17.0. The van der Waals surface area contributed by atoms with Gasteiger partial charge in [-0.3, -0.25) is 0 Å². The molecule has 0 atom stereocenters. The van der Waals surface area contributed by atoms with Crippen molar-refractivity contribution in [2.24, 2.45) is 0 Å². The Morgan fingerprint density at radius 3 is 1.97 bits per heavy atom. The van der Waals surface area contributed by atoms with Crippen LogP contribution in [0.25, 0.3) is 11.6 Å². The molecule has 0 aliphatic heterocycles. The highest BCUT2D eigenvalue weighted by Gasteiger charge is 2.01. The van der Waals surface area contributed by atoms with Gasteiger partial charge >= 0.3 is 0 Å². The molecular formula is C33H40NO+. The zero-order valence-corrected chi connectivity index (χ0v) is 21.6. The Morgan fingerprint density at radius 2 is 1.43 bits per heavy atom. The van der Waals surface area contributed by atoms with E-state index in [1.165, 1.54) is 16.7 Å². The van der Waals surface area contributed by atoms with Crippen LogP contribution in [0, 0.1) is 0 Å². The lowest BCUT2D eigenvalue weighted by Crippen LogP contribution is -1.86. The number of benzene rings is 3. The third-order valence-corrected chi connectivity index (χ3v) is 5.53. The molecule has 0 radical (unpaired) electrons. The molecular weight excluding hydrogens is 426 g/mol. The largest absolute Gasteiger partial charge is 0.597 e. The van der Waals surface area contributed by atoms with Gasteiger partial charge in [0.2, 0.25) is 5.76 Å². The van der Waals surface area contributed by atoms with E-state index in [1.54, 1.807) is 0 Å². The lowest BCUT2D eigenvalue weighted by Gasteiger charge is -2.04. The van der Waals surface area contributed by atoms with Crippen molar-refractivity contribution < 1.29 is 5.11 Å². The zero-order chi connectivity index (χ0) is 25.3. The standard InChI is InChI=1S/C25H29NO.C8H10/c1-4-21-11-15-23(16-12-21)24(19-20(2)27)10-8-6-5-7-9-22-13-17-25(26-3)18-14-22;1-2-8-6-4-3-5-7-8/h5-7,9-19,26-27H,4,8H2,1-3H3;3-7H,2H2,1H3/p+1/b6-5+,9-7+,20-19-,24-10+;. The molecule has 2 heteroatoms. The lowest BCUT2D eigenvalue weighted by atomic mass is 10.0. The van der Waals surface area contributed by atoms with Crippen molar-refractivity contribution in [3.63, 3.8) is 0 Å². The number of hydrogen-bond acceptors (Lipinski definition) is 1. The van der Waals surface area contributed by atoms with Gasteiger partial charge in [-0.2, -0.15) is 0 Å². The molecule has 0 fully saturated rings. The van der Waals surface area contributed by atoms with E-state index in [0.717, 1.165) is 36.1 Å². The van der Waals surface area contributed by atoms with Gasteiger partial charge in [0.15, 0.2) is 0 Å². The van der Waals surface area contributed by atoms with Crippen molar-refractivity contribution in [3.8, 4) is 0 Å². The normalized spacial score (nSPS) is 12.0. The van der Waals surface area contributed by atoms with E-state index >= 15 is 0 Å². The summed E-state index contributed by atoms with van der Waals surface area (Å²) in [6, 6.07) is 27.4. The molecule has 0 amide bonds. The van der Waals surface area contributed by atoms with Crippen LogP contribution in [0.4, 0.5) is 5.69 Å². The maximum absolute atomic E-state index is 7.79. The van der Waals surface area contributed by atoms with Gasteiger partial charge in [0.05, 0.1) is 0 Å². The van der Waals surface area contributed by atoms with Crippen molar-refractivity contribution in [3.05, 3.63) is 137 Å². The smallest absolute Gasteiger partial charge is 0.226 e. The van der Waals surface area contributed by atoms with Crippen LogP contribution in [0.5, 0.6) is 0 Å². The van der Waals surface area contributed by atoms with Crippen LogP contribution in [0.3, 0.4) is 0 Å². The van der Waals surface area contributed by atoms with Crippen molar-refractivity contribution in [1.82, 2.24) is 0 Å². The number of anilines is 1. The highest BCUT2D eigenvalue weighted by molar-refractivity contribution is 5.74. The monoisotopic (exact) mass is 466 g/mol. The minimum atomic E-state index is 0.565. The summed E-state index contributed by atoms with van der Waals surface area (Å²) in [7, 11) is 1.92. The van der Waals surface area contributed by atoms with Gasteiger partial charge in [-0.1, -0.05) is 111 Å². The first-order valence-electron chi connectivity index (χ1n) is 12.4. The van der Waals surface area contributed by atoms with Crippen molar-refractivity contribution in [2.75, 3.05) is 12.4 Å². The zero-order valence-electron chi connectivity index (χ0n) is 21.6. The van der Waals surface area contributed by atoms with Gasteiger partial charge in [-0.25, -0.2) is 0 Å². The SMILES string of the molecule is CCc1ccc(C(/C=C(/C)[OH2+])=C/C/C=C/C=C/c2ccc(NC)cc2)cc1.CCc1ccccc1.